The molecule has 2 aromatic carbocycles. The molecule has 4 heteroatoms. The van der Waals surface area contributed by atoms with Gasteiger partial charge in [0, 0.05) is 10.6 Å². The second-order valence-corrected chi connectivity index (χ2v) is 5.34. The first kappa shape index (κ1) is 13.4. The Labute approximate surface area is 117 Å². The number of hydrazine groups is 1. The van der Waals surface area contributed by atoms with E-state index in [4.69, 9.17) is 17.4 Å². The van der Waals surface area contributed by atoms with Gasteiger partial charge in [-0.05, 0) is 17.7 Å². The van der Waals surface area contributed by atoms with Crippen LogP contribution in [-0.4, -0.2) is 5.75 Å². The maximum Gasteiger partial charge on any atom is 0.0553 e. The molecule has 0 radical (unpaired) electrons. The van der Waals surface area contributed by atoms with Gasteiger partial charge in [-0.1, -0.05) is 54.1 Å². The zero-order valence-corrected chi connectivity index (χ0v) is 11.4. The number of nitrogens with one attached hydrogen (secondary N) is 1. The van der Waals surface area contributed by atoms with E-state index in [0.29, 0.717) is 0 Å². The van der Waals surface area contributed by atoms with E-state index >= 15 is 0 Å². The van der Waals surface area contributed by atoms with Gasteiger partial charge in [-0.2, -0.15) is 0 Å². The summed E-state index contributed by atoms with van der Waals surface area (Å²) in [5, 5.41) is 0.784. The van der Waals surface area contributed by atoms with Crippen LogP contribution >= 0.6 is 23.4 Å². The summed E-state index contributed by atoms with van der Waals surface area (Å²) >= 11 is 7.82. The van der Waals surface area contributed by atoms with Gasteiger partial charge in [0.1, 0.15) is 0 Å². The van der Waals surface area contributed by atoms with Gasteiger partial charge in [-0.25, -0.2) is 0 Å². The summed E-state index contributed by atoms with van der Waals surface area (Å²) in [6.45, 7) is 0. The van der Waals surface area contributed by atoms with Crippen molar-refractivity contribution in [3.05, 3.63) is 65.2 Å². The molecule has 0 saturated heterocycles. The first-order valence-corrected chi connectivity index (χ1v) is 7.06. The van der Waals surface area contributed by atoms with Crippen LogP contribution in [0.3, 0.4) is 0 Å². The fourth-order valence-electron chi connectivity index (χ4n) is 1.66. The van der Waals surface area contributed by atoms with Crippen LogP contribution in [0.1, 0.15) is 11.6 Å². The molecular formula is C14H15ClN2S. The summed E-state index contributed by atoms with van der Waals surface area (Å²) in [4.78, 5) is 1.08. The highest BCUT2D eigenvalue weighted by atomic mass is 35.5. The summed E-state index contributed by atoms with van der Waals surface area (Å²) in [6, 6.07) is 18.1. The van der Waals surface area contributed by atoms with Crippen LogP contribution in [0.4, 0.5) is 0 Å². The smallest absolute Gasteiger partial charge is 0.0553 e. The summed E-state index contributed by atoms with van der Waals surface area (Å²) in [5.74, 6) is 6.45. The lowest BCUT2D eigenvalue weighted by atomic mass is 10.1. The van der Waals surface area contributed by atoms with Crippen LogP contribution in [-0.2, 0) is 0 Å². The minimum atomic E-state index is 0.118. The second-order valence-electron chi connectivity index (χ2n) is 3.87. The van der Waals surface area contributed by atoms with Crippen LogP contribution in [0.15, 0.2) is 59.5 Å². The van der Waals surface area contributed by atoms with Crippen LogP contribution in [0.5, 0.6) is 0 Å². The molecule has 2 nitrogen and oxygen atoms in total. The second kappa shape index (κ2) is 6.81. The molecule has 3 N–H and O–H groups in total. The zero-order valence-electron chi connectivity index (χ0n) is 9.84. The molecule has 0 saturated carbocycles. The first-order chi connectivity index (χ1) is 8.81. The van der Waals surface area contributed by atoms with E-state index in [-0.39, 0.29) is 6.04 Å². The average molecular weight is 279 g/mol. The molecule has 94 valence electrons. The number of nitrogens with two attached hydrogens (primary N) is 1. The van der Waals surface area contributed by atoms with Gasteiger partial charge in [0.25, 0.3) is 0 Å². The Kier molecular flexibility index (Phi) is 5.08. The van der Waals surface area contributed by atoms with Crippen molar-refractivity contribution < 1.29 is 0 Å². The first-order valence-electron chi connectivity index (χ1n) is 5.69. The lowest BCUT2D eigenvalue weighted by molar-refractivity contribution is 0.611. The summed E-state index contributed by atoms with van der Waals surface area (Å²) in [6.07, 6.45) is 0. The summed E-state index contributed by atoms with van der Waals surface area (Å²) in [5.41, 5.74) is 4.02. The van der Waals surface area contributed by atoms with Gasteiger partial charge in [-0.15, -0.1) is 11.8 Å². The maximum atomic E-state index is 6.12. The molecule has 0 spiro atoms. The molecule has 1 atom stereocenters. The van der Waals surface area contributed by atoms with Crippen LogP contribution in [0.2, 0.25) is 5.02 Å². The minimum absolute atomic E-state index is 0.118. The van der Waals surface area contributed by atoms with Gasteiger partial charge in [0.15, 0.2) is 0 Å². The molecule has 0 aromatic heterocycles. The number of rotatable bonds is 5. The number of hydrogen-bond acceptors (Lipinski definition) is 3. The third kappa shape index (κ3) is 3.50. The fourth-order valence-corrected chi connectivity index (χ4v) is 2.98. The number of halogens is 1. The number of hydrogen-bond donors (Lipinski definition) is 2. The Bertz CT molecular complexity index is 490. The van der Waals surface area contributed by atoms with E-state index in [1.54, 1.807) is 11.8 Å². The van der Waals surface area contributed by atoms with E-state index in [9.17, 15) is 0 Å². The average Bonchev–Trinajstić information content (AvgIpc) is 2.42. The SMILES string of the molecule is NNC(CSc1ccccc1Cl)c1ccccc1. The lowest BCUT2D eigenvalue weighted by Crippen LogP contribution is -2.29. The molecule has 1 unspecified atom stereocenters. The van der Waals surface area contributed by atoms with Crippen molar-refractivity contribution in [1.82, 2.24) is 5.43 Å². The van der Waals surface area contributed by atoms with Crippen molar-refractivity contribution >= 4 is 23.4 Å². The highest BCUT2D eigenvalue weighted by Crippen LogP contribution is 2.29. The molecule has 2 rings (SSSR count). The highest BCUT2D eigenvalue weighted by Gasteiger charge is 2.10. The molecule has 0 aliphatic heterocycles. The largest absolute Gasteiger partial charge is 0.271 e. The maximum absolute atomic E-state index is 6.12. The highest BCUT2D eigenvalue weighted by molar-refractivity contribution is 7.99. The predicted octanol–water partition coefficient (Wildman–Crippen LogP) is 3.64. The molecule has 0 amide bonds. The Morgan fingerprint density at radius 2 is 1.72 bits per heavy atom. The number of thioether (sulfide) groups is 1. The number of benzene rings is 2. The van der Waals surface area contributed by atoms with E-state index in [1.807, 2.05) is 42.5 Å². The Hall–Kier alpha value is -1.00. The fraction of sp³-hybridized carbons (Fsp3) is 0.143. The molecule has 2 aromatic rings. The van der Waals surface area contributed by atoms with Crippen molar-refractivity contribution in [1.29, 1.82) is 0 Å². The van der Waals surface area contributed by atoms with Gasteiger partial charge in [0.05, 0.1) is 11.1 Å². The van der Waals surface area contributed by atoms with Crippen molar-refractivity contribution in [3.8, 4) is 0 Å². The zero-order chi connectivity index (χ0) is 12.8. The van der Waals surface area contributed by atoms with Gasteiger partial charge >= 0.3 is 0 Å². The van der Waals surface area contributed by atoms with Crippen molar-refractivity contribution in [2.24, 2.45) is 5.84 Å². The molecule has 0 aliphatic carbocycles. The third-order valence-electron chi connectivity index (χ3n) is 2.65. The normalized spacial score (nSPS) is 12.3. The lowest BCUT2D eigenvalue weighted by Gasteiger charge is -2.16. The quantitative estimate of drug-likeness (QED) is 0.498. The van der Waals surface area contributed by atoms with Crippen molar-refractivity contribution in [2.45, 2.75) is 10.9 Å². The molecule has 0 aliphatic rings. The predicted molar refractivity (Wildman–Crippen MR) is 78.7 cm³/mol. The van der Waals surface area contributed by atoms with E-state index in [1.165, 1.54) is 5.56 Å². The van der Waals surface area contributed by atoms with E-state index < -0.39 is 0 Å². The van der Waals surface area contributed by atoms with Gasteiger partial charge < -0.3 is 0 Å². The Balaban J connectivity index is 2.02. The standard InChI is InChI=1S/C14H15ClN2S/c15-12-8-4-5-9-14(12)18-10-13(17-16)11-6-2-1-3-7-11/h1-9,13,17H,10,16H2. The monoisotopic (exact) mass is 278 g/mol. The Morgan fingerprint density at radius 3 is 2.39 bits per heavy atom. The summed E-state index contributed by atoms with van der Waals surface area (Å²) < 4.78 is 0. The van der Waals surface area contributed by atoms with E-state index in [2.05, 4.69) is 17.6 Å². The van der Waals surface area contributed by atoms with Crippen LogP contribution < -0.4 is 11.3 Å². The van der Waals surface area contributed by atoms with E-state index in [0.717, 1.165) is 15.7 Å². The van der Waals surface area contributed by atoms with Crippen molar-refractivity contribution in [2.75, 3.05) is 5.75 Å². The third-order valence-corrected chi connectivity index (χ3v) is 4.25. The molecular weight excluding hydrogens is 264 g/mol. The van der Waals surface area contributed by atoms with Gasteiger partial charge in [0.2, 0.25) is 0 Å². The molecule has 0 fully saturated rings. The molecule has 0 heterocycles. The van der Waals surface area contributed by atoms with Gasteiger partial charge in [-0.3, -0.25) is 11.3 Å². The molecule has 0 bridgehead atoms. The Morgan fingerprint density at radius 1 is 1.06 bits per heavy atom. The van der Waals surface area contributed by atoms with Crippen LogP contribution in [0.25, 0.3) is 0 Å². The minimum Gasteiger partial charge on any atom is -0.271 e. The topological polar surface area (TPSA) is 38.0 Å². The summed E-state index contributed by atoms with van der Waals surface area (Å²) in [7, 11) is 0. The van der Waals surface area contributed by atoms with Crippen LogP contribution in [0, 0.1) is 0 Å². The van der Waals surface area contributed by atoms with Crippen molar-refractivity contribution in [3.63, 3.8) is 0 Å². The molecule has 18 heavy (non-hydrogen) atoms.